The van der Waals surface area contributed by atoms with Crippen LogP contribution >= 0.6 is 11.6 Å². The van der Waals surface area contributed by atoms with Crippen molar-refractivity contribution in [2.45, 2.75) is 45.6 Å². The quantitative estimate of drug-likeness (QED) is 0.296. The number of halogens is 2. The molecule has 34 heavy (non-hydrogen) atoms. The Morgan fingerprint density at radius 3 is 2.56 bits per heavy atom. The second-order valence-corrected chi connectivity index (χ2v) is 8.30. The van der Waals surface area contributed by atoms with E-state index in [-0.39, 0.29) is 18.3 Å². The van der Waals surface area contributed by atoms with Crippen molar-refractivity contribution in [2.75, 3.05) is 6.61 Å². The minimum atomic E-state index is -0.806. The van der Waals surface area contributed by atoms with Gasteiger partial charge in [0.05, 0.1) is 12.7 Å². The SMILES string of the molecule is CCc1cc(OCC[C@H](C)Oc2ccc(Cl)cc2Oc2ccccc2F)ccc1CCC(=O)O. The van der Waals surface area contributed by atoms with Crippen LogP contribution in [-0.2, 0) is 17.6 Å². The molecule has 0 aliphatic heterocycles. The Hall–Kier alpha value is -3.25. The highest BCUT2D eigenvalue weighted by Crippen LogP contribution is 2.35. The van der Waals surface area contributed by atoms with Gasteiger partial charge in [-0.2, -0.15) is 0 Å². The lowest BCUT2D eigenvalue weighted by Crippen LogP contribution is -2.16. The first-order chi connectivity index (χ1) is 16.4. The van der Waals surface area contributed by atoms with Gasteiger partial charge in [0.2, 0.25) is 0 Å². The molecule has 0 saturated carbocycles. The molecule has 0 aliphatic carbocycles. The molecule has 7 heteroatoms. The van der Waals surface area contributed by atoms with E-state index in [2.05, 4.69) is 0 Å². The third kappa shape index (κ3) is 7.39. The smallest absolute Gasteiger partial charge is 0.303 e. The zero-order valence-electron chi connectivity index (χ0n) is 19.2. The lowest BCUT2D eigenvalue weighted by Gasteiger charge is -2.18. The summed E-state index contributed by atoms with van der Waals surface area (Å²) in [6.45, 7) is 4.37. The van der Waals surface area contributed by atoms with E-state index in [1.54, 1.807) is 30.3 Å². The minimum absolute atomic E-state index is 0.0872. The molecule has 0 unspecified atom stereocenters. The van der Waals surface area contributed by atoms with E-state index < -0.39 is 11.8 Å². The Kier molecular flexibility index (Phi) is 9.16. The molecule has 1 atom stereocenters. The zero-order valence-corrected chi connectivity index (χ0v) is 20.0. The highest BCUT2D eigenvalue weighted by Gasteiger charge is 2.14. The molecule has 1 N–H and O–H groups in total. The molecular formula is C27H28ClFO5. The fraction of sp³-hybridized carbons (Fsp3) is 0.296. The number of carboxylic acid groups (broad SMARTS) is 1. The molecule has 5 nitrogen and oxygen atoms in total. The summed E-state index contributed by atoms with van der Waals surface area (Å²) in [7, 11) is 0. The number of hydrogen-bond donors (Lipinski definition) is 1. The molecule has 3 rings (SSSR count). The highest BCUT2D eigenvalue weighted by atomic mass is 35.5. The third-order valence-electron chi connectivity index (χ3n) is 5.25. The first-order valence-electron chi connectivity index (χ1n) is 11.2. The zero-order chi connectivity index (χ0) is 24.5. The summed E-state index contributed by atoms with van der Waals surface area (Å²) in [5.74, 6) is 0.322. The molecule has 180 valence electrons. The van der Waals surface area contributed by atoms with E-state index in [9.17, 15) is 9.18 Å². The van der Waals surface area contributed by atoms with Crippen molar-refractivity contribution in [3.8, 4) is 23.0 Å². The Bertz CT molecular complexity index is 1120. The molecule has 3 aromatic carbocycles. The lowest BCUT2D eigenvalue weighted by atomic mass is 10.0. The van der Waals surface area contributed by atoms with Gasteiger partial charge in [-0.1, -0.05) is 36.7 Å². The molecular weight excluding hydrogens is 459 g/mol. The first-order valence-corrected chi connectivity index (χ1v) is 11.6. The minimum Gasteiger partial charge on any atom is -0.493 e. The Morgan fingerprint density at radius 1 is 1.03 bits per heavy atom. The molecule has 3 aromatic rings. The number of aryl methyl sites for hydroxylation is 2. The van der Waals surface area contributed by atoms with E-state index in [1.807, 2.05) is 32.0 Å². The molecule has 0 spiro atoms. The van der Waals surface area contributed by atoms with E-state index in [0.29, 0.717) is 36.0 Å². The Morgan fingerprint density at radius 2 is 1.82 bits per heavy atom. The number of benzene rings is 3. The van der Waals surface area contributed by atoms with E-state index in [0.717, 1.165) is 23.3 Å². The van der Waals surface area contributed by atoms with Gasteiger partial charge in [0.15, 0.2) is 23.1 Å². The van der Waals surface area contributed by atoms with Crippen molar-refractivity contribution in [1.29, 1.82) is 0 Å². The second-order valence-electron chi connectivity index (χ2n) is 7.87. The van der Waals surface area contributed by atoms with Gasteiger partial charge in [-0.15, -0.1) is 0 Å². The van der Waals surface area contributed by atoms with Crippen LogP contribution in [0.3, 0.4) is 0 Å². The van der Waals surface area contributed by atoms with Gasteiger partial charge in [0.25, 0.3) is 0 Å². The summed E-state index contributed by atoms with van der Waals surface area (Å²) in [6, 6.07) is 16.9. The van der Waals surface area contributed by atoms with Crippen molar-refractivity contribution >= 4 is 17.6 Å². The van der Waals surface area contributed by atoms with Crippen LogP contribution in [0, 0.1) is 5.82 Å². The summed E-state index contributed by atoms with van der Waals surface area (Å²) >= 11 is 6.10. The maximum absolute atomic E-state index is 14.0. The molecule has 0 fully saturated rings. The van der Waals surface area contributed by atoms with Crippen LogP contribution in [0.4, 0.5) is 4.39 Å². The number of para-hydroxylation sites is 1. The molecule has 0 saturated heterocycles. The van der Waals surface area contributed by atoms with E-state index in [4.69, 9.17) is 30.9 Å². The summed E-state index contributed by atoms with van der Waals surface area (Å²) in [5, 5.41) is 9.37. The standard InChI is InChI=1S/C27H28ClFO5/c1-3-19-16-22(11-8-20(19)9-13-27(30)31)32-15-14-18(2)33-25-12-10-21(28)17-26(25)34-24-7-5-4-6-23(24)29/h4-8,10-12,16-18H,3,9,13-15H2,1-2H3,(H,30,31)/t18-/m0/s1. The predicted molar refractivity (Wildman–Crippen MR) is 130 cm³/mol. The van der Waals surface area contributed by atoms with Crippen molar-refractivity contribution in [1.82, 2.24) is 0 Å². The fourth-order valence-electron chi connectivity index (χ4n) is 3.43. The van der Waals surface area contributed by atoms with Crippen LogP contribution in [0.2, 0.25) is 5.02 Å². The first kappa shape index (κ1) is 25.4. The number of hydrogen-bond acceptors (Lipinski definition) is 4. The van der Waals surface area contributed by atoms with Crippen LogP contribution < -0.4 is 14.2 Å². The summed E-state index contributed by atoms with van der Waals surface area (Å²) in [6.07, 6.45) is 1.80. The third-order valence-corrected chi connectivity index (χ3v) is 5.49. The van der Waals surface area contributed by atoms with Gasteiger partial charge in [0.1, 0.15) is 5.75 Å². The monoisotopic (exact) mass is 486 g/mol. The van der Waals surface area contributed by atoms with Crippen molar-refractivity contribution in [2.24, 2.45) is 0 Å². The second kappa shape index (κ2) is 12.3. The topological polar surface area (TPSA) is 65.0 Å². The normalized spacial score (nSPS) is 11.6. The van der Waals surface area contributed by atoms with Crippen LogP contribution in [0.25, 0.3) is 0 Å². The van der Waals surface area contributed by atoms with E-state index >= 15 is 0 Å². The van der Waals surface area contributed by atoms with Crippen LogP contribution in [0.5, 0.6) is 23.0 Å². The lowest BCUT2D eigenvalue weighted by molar-refractivity contribution is -0.136. The maximum atomic E-state index is 14.0. The summed E-state index contributed by atoms with van der Waals surface area (Å²) in [4.78, 5) is 10.9. The van der Waals surface area contributed by atoms with Crippen LogP contribution in [0.15, 0.2) is 60.7 Å². The van der Waals surface area contributed by atoms with Crippen LogP contribution in [-0.4, -0.2) is 23.8 Å². The van der Waals surface area contributed by atoms with Crippen molar-refractivity contribution < 1.29 is 28.5 Å². The maximum Gasteiger partial charge on any atom is 0.303 e. The molecule has 0 aliphatic rings. The Labute approximate surface area is 204 Å². The molecule has 0 radical (unpaired) electrons. The largest absolute Gasteiger partial charge is 0.493 e. The molecule has 0 heterocycles. The number of carbonyl (C=O) groups is 1. The van der Waals surface area contributed by atoms with Gasteiger partial charge in [0, 0.05) is 23.9 Å². The van der Waals surface area contributed by atoms with E-state index in [1.165, 1.54) is 12.1 Å². The number of ether oxygens (including phenoxy) is 3. The van der Waals surface area contributed by atoms with Crippen LogP contribution in [0.1, 0.15) is 37.8 Å². The van der Waals surface area contributed by atoms with Crippen molar-refractivity contribution in [3.63, 3.8) is 0 Å². The van der Waals surface area contributed by atoms with Gasteiger partial charge in [-0.3, -0.25) is 4.79 Å². The highest BCUT2D eigenvalue weighted by molar-refractivity contribution is 6.30. The van der Waals surface area contributed by atoms with Gasteiger partial charge < -0.3 is 19.3 Å². The fourth-order valence-corrected chi connectivity index (χ4v) is 3.59. The molecule has 0 amide bonds. The number of aliphatic carboxylic acids is 1. The van der Waals surface area contributed by atoms with Gasteiger partial charge in [-0.25, -0.2) is 4.39 Å². The number of rotatable bonds is 12. The summed E-state index contributed by atoms with van der Waals surface area (Å²) in [5.41, 5.74) is 2.11. The summed E-state index contributed by atoms with van der Waals surface area (Å²) < 4.78 is 31.7. The predicted octanol–water partition coefficient (Wildman–Crippen LogP) is 7.09. The van der Waals surface area contributed by atoms with Crippen molar-refractivity contribution in [3.05, 3.63) is 82.6 Å². The number of carboxylic acids is 1. The average Bonchev–Trinajstić information content (AvgIpc) is 2.81. The van der Waals surface area contributed by atoms with Gasteiger partial charge >= 0.3 is 5.97 Å². The van der Waals surface area contributed by atoms with Gasteiger partial charge in [-0.05, 0) is 67.3 Å². The molecule has 0 aromatic heterocycles. The molecule has 0 bridgehead atoms. The average molecular weight is 487 g/mol. The Balaban J connectivity index is 1.58.